The van der Waals surface area contributed by atoms with Gasteiger partial charge in [0, 0.05) is 6.04 Å². The number of ether oxygens (including phenoxy) is 1. The number of hydrogen-bond donors (Lipinski definition) is 5. The van der Waals surface area contributed by atoms with Crippen LogP contribution in [0, 0.1) is 0 Å². The molecule has 0 bridgehead atoms. The number of thiazole rings is 1. The fourth-order valence-corrected chi connectivity index (χ4v) is 3.67. The number of nitrogens with zero attached hydrogens (tertiary/aromatic N) is 3. The van der Waals surface area contributed by atoms with Crippen LogP contribution in [0.25, 0.3) is 10.3 Å². The van der Waals surface area contributed by atoms with Gasteiger partial charge in [-0.15, -0.1) is 0 Å². The standard InChI is InChI=1S/C13H17N5O5S/c14-12-16-9(15-4-1-2-4)8-10(17-12)18(13(22)24-8)11-7(21)6(20)5(3-19)23-11/h4-7,11,19-21H,1-3H2,(H3,14,15,16,17)/t5-,6-,7-,11-/m1/s1. The van der Waals surface area contributed by atoms with Gasteiger partial charge in [0.15, 0.2) is 17.7 Å². The molecule has 1 saturated heterocycles. The Morgan fingerprint density at radius 2 is 2.08 bits per heavy atom. The van der Waals surface area contributed by atoms with E-state index in [1.807, 2.05) is 0 Å². The number of nitrogens with two attached hydrogens (primary N) is 1. The summed E-state index contributed by atoms with van der Waals surface area (Å²) in [5.74, 6) is 0.469. The average Bonchev–Trinajstić information content (AvgIpc) is 3.24. The first-order chi connectivity index (χ1) is 11.5. The lowest BCUT2D eigenvalue weighted by Gasteiger charge is -2.16. The van der Waals surface area contributed by atoms with E-state index in [0.29, 0.717) is 16.6 Å². The molecule has 2 fully saturated rings. The van der Waals surface area contributed by atoms with Crippen LogP contribution in [0.2, 0.25) is 0 Å². The van der Waals surface area contributed by atoms with Crippen LogP contribution in [0.3, 0.4) is 0 Å². The summed E-state index contributed by atoms with van der Waals surface area (Å²) >= 11 is 0.912. The molecule has 3 heterocycles. The van der Waals surface area contributed by atoms with Crippen molar-refractivity contribution in [3.8, 4) is 0 Å². The fourth-order valence-electron chi connectivity index (χ4n) is 2.77. The van der Waals surface area contributed by atoms with Gasteiger partial charge in [-0.05, 0) is 12.8 Å². The highest BCUT2D eigenvalue weighted by Gasteiger charge is 2.45. The summed E-state index contributed by atoms with van der Waals surface area (Å²) in [6.45, 7) is -0.475. The van der Waals surface area contributed by atoms with Crippen molar-refractivity contribution in [2.45, 2.75) is 43.4 Å². The molecule has 2 aliphatic rings. The molecule has 0 spiro atoms. The van der Waals surface area contributed by atoms with Gasteiger partial charge in [-0.2, -0.15) is 9.97 Å². The number of nitrogen functional groups attached to an aromatic ring is 1. The molecule has 6 N–H and O–H groups in total. The van der Waals surface area contributed by atoms with E-state index in [1.54, 1.807) is 0 Å². The molecule has 130 valence electrons. The zero-order chi connectivity index (χ0) is 17.0. The minimum atomic E-state index is -1.37. The van der Waals surface area contributed by atoms with Crippen LogP contribution in [0.15, 0.2) is 4.79 Å². The lowest BCUT2D eigenvalue weighted by molar-refractivity contribution is -0.0518. The maximum Gasteiger partial charge on any atom is 0.311 e. The second-order valence-electron chi connectivity index (χ2n) is 5.97. The zero-order valence-corrected chi connectivity index (χ0v) is 13.3. The quantitative estimate of drug-likeness (QED) is 0.446. The van der Waals surface area contributed by atoms with Gasteiger partial charge in [0.2, 0.25) is 5.95 Å². The van der Waals surface area contributed by atoms with Crippen molar-refractivity contribution in [2.75, 3.05) is 17.7 Å². The molecule has 1 saturated carbocycles. The molecule has 2 aromatic heterocycles. The topological polar surface area (TPSA) is 156 Å². The first kappa shape index (κ1) is 15.7. The van der Waals surface area contributed by atoms with Crippen molar-refractivity contribution in [1.29, 1.82) is 0 Å². The molecule has 0 radical (unpaired) electrons. The SMILES string of the molecule is Nc1nc(NC2CC2)c2sc(=O)n([C@@H]3O[C@H](CO)[C@@H](O)[C@H]3O)c2n1. The molecular formula is C13H17N5O5S. The Balaban J connectivity index is 1.82. The van der Waals surface area contributed by atoms with E-state index in [2.05, 4.69) is 15.3 Å². The van der Waals surface area contributed by atoms with E-state index in [9.17, 15) is 20.1 Å². The minimum absolute atomic E-state index is 0.0102. The maximum absolute atomic E-state index is 12.4. The predicted molar refractivity (Wildman–Crippen MR) is 85.7 cm³/mol. The number of aliphatic hydroxyl groups excluding tert-OH is 3. The molecule has 4 rings (SSSR count). The number of rotatable bonds is 4. The lowest BCUT2D eigenvalue weighted by atomic mass is 10.1. The highest BCUT2D eigenvalue weighted by molar-refractivity contribution is 7.17. The largest absolute Gasteiger partial charge is 0.394 e. The van der Waals surface area contributed by atoms with E-state index in [4.69, 9.17) is 10.5 Å². The molecule has 1 aliphatic carbocycles. The third-order valence-corrected chi connectivity index (χ3v) is 5.12. The Morgan fingerprint density at radius 1 is 1.33 bits per heavy atom. The second kappa shape index (κ2) is 5.63. The van der Waals surface area contributed by atoms with E-state index in [-0.39, 0.29) is 11.6 Å². The summed E-state index contributed by atoms with van der Waals surface area (Å²) in [4.78, 5) is 20.3. The summed E-state index contributed by atoms with van der Waals surface area (Å²) in [6, 6.07) is 0.307. The van der Waals surface area contributed by atoms with Crippen LogP contribution in [0.1, 0.15) is 19.1 Å². The van der Waals surface area contributed by atoms with Crippen molar-refractivity contribution in [1.82, 2.24) is 14.5 Å². The molecular weight excluding hydrogens is 338 g/mol. The van der Waals surface area contributed by atoms with E-state index < -0.39 is 36.0 Å². The smallest absolute Gasteiger partial charge is 0.311 e. The highest BCUT2D eigenvalue weighted by atomic mass is 32.1. The Morgan fingerprint density at radius 3 is 2.71 bits per heavy atom. The zero-order valence-electron chi connectivity index (χ0n) is 12.5. The van der Waals surface area contributed by atoms with Crippen LogP contribution in [-0.2, 0) is 4.74 Å². The number of aromatic nitrogens is 3. The number of anilines is 2. The summed E-state index contributed by atoms with van der Waals surface area (Å²) in [5.41, 5.74) is 5.98. The van der Waals surface area contributed by atoms with E-state index in [1.165, 1.54) is 0 Å². The van der Waals surface area contributed by atoms with Crippen LogP contribution in [0.5, 0.6) is 0 Å². The molecule has 2 aromatic rings. The Kier molecular flexibility index (Phi) is 3.69. The Labute approximate surface area is 139 Å². The Hall–Kier alpha value is -1.79. The van der Waals surface area contributed by atoms with Crippen molar-refractivity contribution >= 4 is 33.5 Å². The molecule has 0 amide bonds. The normalized spacial score (nSPS) is 30.1. The Bertz CT molecular complexity index is 834. The number of nitrogens with one attached hydrogen (secondary N) is 1. The summed E-state index contributed by atoms with van der Waals surface area (Å²) in [5, 5.41) is 32.5. The molecule has 24 heavy (non-hydrogen) atoms. The maximum atomic E-state index is 12.4. The average molecular weight is 355 g/mol. The van der Waals surface area contributed by atoms with Gasteiger partial charge in [-0.3, -0.25) is 9.36 Å². The van der Waals surface area contributed by atoms with Gasteiger partial charge in [-0.1, -0.05) is 11.3 Å². The van der Waals surface area contributed by atoms with Gasteiger partial charge in [0.1, 0.15) is 23.0 Å². The van der Waals surface area contributed by atoms with E-state index >= 15 is 0 Å². The number of hydrogen-bond acceptors (Lipinski definition) is 10. The van der Waals surface area contributed by atoms with Crippen molar-refractivity contribution in [3.63, 3.8) is 0 Å². The molecule has 11 heteroatoms. The summed E-state index contributed by atoms with van der Waals surface area (Å²) in [6.07, 6.45) is -2.75. The van der Waals surface area contributed by atoms with Crippen LogP contribution < -0.4 is 15.9 Å². The summed E-state index contributed by atoms with van der Waals surface area (Å²) in [7, 11) is 0. The van der Waals surface area contributed by atoms with Gasteiger partial charge in [0.05, 0.1) is 6.61 Å². The third-order valence-electron chi connectivity index (χ3n) is 4.17. The summed E-state index contributed by atoms with van der Waals surface area (Å²) < 4.78 is 7.10. The van der Waals surface area contributed by atoms with Gasteiger partial charge < -0.3 is 31.1 Å². The lowest BCUT2D eigenvalue weighted by Crippen LogP contribution is -2.34. The first-order valence-corrected chi connectivity index (χ1v) is 8.38. The molecule has 4 atom stereocenters. The number of fused-ring (bicyclic) bond motifs is 1. The highest BCUT2D eigenvalue weighted by Crippen LogP contribution is 2.34. The van der Waals surface area contributed by atoms with Crippen molar-refractivity contribution in [3.05, 3.63) is 9.67 Å². The molecule has 1 aliphatic heterocycles. The third kappa shape index (κ3) is 2.45. The van der Waals surface area contributed by atoms with Crippen LogP contribution in [0.4, 0.5) is 11.8 Å². The van der Waals surface area contributed by atoms with Crippen LogP contribution >= 0.6 is 11.3 Å². The first-order valence-electron chi connectivity index (χ1n) is 7.57. The van der Waals surface area contributed by atoms with Crippen LogP contribution in [-0.4, -0.2) is 60.8 Å². The predicted octanol–water partition coefficient (Wildman–Crippen LogP) is -1.38. The van der Waals surface area contributed by atoms with Crippen molar-refractivity contribution in [2.24, 2.45) is 0 Å². The van der Waals surface area contributed by atoms with E-state index in [0.717, 1.165) is 28.7 Å². The molecule has 0 aromatic carbocycles. The van der Waals surface area contributed by atoms with Gasteiger partial charge >= 0.3 is 4.87 Å². The fraction of sp³-hybridized carbons (Fsp3) is 0.615. The monoisotopic (exact) mass is 355 g/mol. The molecule has 0 unspecified atom stereocenters. The molecule has 10 nitrogen and oxygen atoms in total. The second-order valence-corrected chi connectivity index (χ2v) is 6.93. The van der Waals surface area contributed by atoms with Gasteiger partial charge in [-0.25, -0.2) is 0 Å². The van der Waals surface area contributed by atoms with Crippen molar-refractivity contribution < 1.29 is 20.1 Å². The number of aliphatic hydroxyl groups is 3. The minimum Gasteiger partial charge on any atom is -0.394 e. The van der Waals surface area contributed by atoms with Gasteiger partial charge in [0.25, 0.3) is 0 Å².